The molecule has 6 heteroatoms. The standard InChI is InChI=1S/C8H7Br2NO3/c9-3-4-14-8-2-1-6(10)5-7(8)11(12)13/h1-2,5H,3-4H2. The van der Waals surface area contributed by atoms with Gasteiger partial charge in [-0.15, -0.1) is 0 Å². The maximum Gasteiger partial charge on any atom is 0.312 e. The zero-order valence-electron chi connectivity index (χ0n) is 7.07. The van der Waals surface area contributed by atoms with Gasteiger partial charge in [0.05, 0.1) is 11.5 Å². The van der Waals surface area contributed by atoms with E-state index in [2.05, 4.69) is 31.9 Å². The summed E-state index contributed by atoms with van der Waals surface area (Å²) in [6.45, 7) is 0.405. The number of nitrogens with zero attached hydrogens (tertiary/aromatic N) is 1. The van der Waals surface area contributed by atoms with Crippen molar-refractivity contribution >= 4 is 37.5 Å². The molecule has 0 aliphatic carbocycles. The molecule has 0 saturated heterocycles. The molecule has 4 nitrogen and oxygen atoms in total. The molecule has 0 aliphatic rings. The Morgan fingerprint density at radius 2 is 2.21 bits per heavy atom. The zero-order chi connectivity index (χ0) is 10.6. The summed E-state index contributed by atoms with van der Waals surface area (Å²) in [5.74, 6) is 0.289. The first kappa shape index (κ1) is 11.5. The Bertz CT molecular complexity index is 343. The molecule has 0 heterocycles. The first-order valence-corrected chi connectivity index (χ1v) is 5.69. The van der Waals surface area contributed by atoms with Gasteiger partial charge in [0.1, 0.15) is 0 Å². The van der Waals surface area contributed by atoms with E-state index in [-0.39, 0.29) is 11.4 Å². The third kappa shape index (κ3) is 2.95. The Kier molecular flexibility index (Phi) is 4.34. The van der Waals surface area contributed by atoms with Gasteiger partial charge in [0, 0.05) is 15.9 Å². The van der Waals surface area contributed by atoms with Crippen LogP contribution in [0.4, 0.5) is 5.69 Å². The van der Waals surface area contributed by atoms with Crippen LogP contribution in [0.2, 0.25) is 0 Å². The second-order valence-corrected chi connectivity index (χ2v) is 4.12. The summed E-state index contributed by atoms with van der Waals surface area (Å²) >= 11 is 6.34. The summed E-state index contributed by atoms with van der Waals surface area (Å²) in [6, 6.07) is 4.70. The van der Waals surface area contributed by atoms with Crippen LogP contribution in [0.1, 0.15) is 0 Å². The highest BCUT2D eigenvalue weighted by atomic mass is 79.9. The number of nitro benzene ring substituents is 1. The van der Waals surface area contributed by atoms with Crippen LogP contribution in [0.5, 0.6) is 5.75 Å². The molecule has 0 fully saturated rings. The second kappa shape index (κ2) is 5.31. The van der Waals surface area contributed by atoms with Crippen LogP contribution in [0.25, 0.3) is 0 Å². The third-order valence-corrected chi connectivity index (χ3v) is 2.27. The van der Waals surface area contributed by atoms with Gasteiger partial charge in [-0.3, -0.25) is 10.1 Å². The van der Waals surface area contributed by atoms with Gasteiger partial charge in [0.15, 0.2) is 5.75 Å². The summed E-state index contributed by atoms with van der Waals surface area (Å²) in [5.41, 5.74) is -0.0275. The molecule has 1 rings (SSSR count). The molecular weight excluding hydrogens is 318 g/mol. The predicted molar refractivity (Wildman–Crippen MR) is 60.1 cm³/mol. The molecule has 0 bridgehead atoms. The maximum atomic E-state index is 10.6. The monoisotopic (exact) mass is 323 g/mol. The molecule has 0 aromatic heterocycles. The zero-order valence-corrected chi connectivity index (χ0v) is 10.2. The average Bonchev–Trinajstić information content (AvgIpc) is 2.15. The SMILES string of the molecule is O=[N+]([O-])c1cc(Br)ccc1OCCBr. The minimum atomic E-state index is -0.464. The highest BCUT2D eigenvalue weighted by Gasteiger charge is 2.14. The van der Waals surface area contributed by atoms with E-state index in [9.17, 15) is 10.1 Å². The van der Waals surface area contributed by atoms with E-state index >= 15 is 0 Å². The fourth-order valence-corrected chi connectivity index (χ4v) is 1.41. The Morgan fingerprint density at radius 1 is 1.50 bits per heavy atom. The largest absolute Gasteiger partial charge is 0.486 e. The first-order valence-electron chi connectivity index (χ1n) is 3.78. The van der Waals surface area contributed by atoms with Crippen LogP contribution in [-0.4, -0.2) is 16.9 Å². The van der Waals surface area contributed by atoms with E-state index in [0.29, 0.717) is 16.4 Å². The summed E-state index contributed by atoms with van der Waals surface area (Å²) in [5, 5.41) is 11.3. The molecule has 0 spiro atoms. The van der Waals surface area contributed by atoms with Crippen molar-refractivity contribution in [3.05, 3.63) is 32.8 Å². The van der Waals surface area contributed by atoms with Gasteiger partial charge in [-0.05, 0) is 12.1 Å². The summed E-state index contributed by atoms with van der Waals surface area (Å²) < 4.78 is 5.86. The quantitative estimate of drug-likeness (QED) is 0.485. The van der Waals surface area contributed by atoms with E-state index in [0.717, 1.165) is 0 Å². The lowest BCUT2D eigenvalue weighted by Gasteiger charge is -2.04. The molecular formula is C8H7Br2NO3. The molecule has 0 aliphatic heterocycles. The number of hydrogen-bond donors (Lipinski definition) is 0. The van der Waals surface area contributed by atoms with Crippen LogP contribution in [0, 0.1) is 10.1 Å². The van der Waals surface area contributed by atoms with Gasteiger partial charge in [-0.1, -0.05) is 31.9 Å². The highest BCUT2D eigenvalue weighted by Crippen LogP contribution is 2.29. The van der Waals surface area contributed by atoms with E-state index in [1.807, 2.05) is 0 Å². The number of alkyl halides is 1. The molecule has 0 unspecified atom stereocenters. The van der Waals surface area contributed by atoms with E-state index in [1.54, 1.807) is 12.1 Å². The number of hydrogen-bond acceptors (Lipinski definition) is 3. The molecule has 76 valence electrons. The maximum absolute atomic E-state index is 10.6. The fourth-order valence-electron chi connectivity index (χ4n) is 0.904. The lowest BCUT2D eigenvalue weighted by atomic mass is 10.3. The first-order chi connectivity index (χ1) is 6.65. The van der Waals surface area contributed by atoms with Crippen LogP contribution >= 0.6 is 31.9 Å². The van der Waals surface area contributed by atoms with Crippen molar-refractivity contribution in [3.63, 3.8) is 0 Å². The Labute approximate surface area is 97.7 Å². The van der Waals surface area contributed by atoms with Crippen molar-refractivity contribution < 1.29 is 9.66 Å². The molecule has 1 aromatic rings. The minimum absolute atomic E-state index is 0.0275. The second-order valence-electron chi connectivity index (χ2n) is 2.41. The van der Waals surface area contributed by atoms with E-state index < -0.39 is 4.92 Å². The van der Waals surface area contributed by atoms with E-state index in [4.69, 9.17) is 4.74 Å². The van der Waals surface area contributed by atoms with Crippen LogP contribution < -0.4 is 4.74 Å². The lowest BCUT2D eigenvalue weighted by molar-refractivity contribution is -0.385. The van der Waals surface area contributed by atoms with Crippen LogP contribution in [-0.2, 0) is 0 Å². The van der Waals surface area contributed by atoms with E-state index in [1.165, 1.54) is 6.07 Å². The lowest BCUT2D eigenvalue weighted by Crippen LogP contribution is -2.00. The number of ether oxygens (including phenoxy) is 1. The van der Waals surface area contributed by atoms with Crippen molar-refractivity contribution in [2.75, 3.05) is 11.9 Å². The normalized spacial score (nSPS) is 9.86. The third-order valence-electron chi connectivity index (χ3n) is 1.45. The Morgan fingerprint density at radius 3 is 2.79 bits per heavy atom. The molecule has 14 heavy (non-hydrogen) atoms. The summed E-state index contributed by atoms with van der Waals surface area (Å²) in [4.78, 5) is 10.2. The van der Waals surface area contributed by atoms with Gasteiger partial charge in [0.25, 0.3) is 0 Å². The van der Waals surface area contributed by atoms with Crippen molar-refractivity contribution in [3.8, 4) is 5.75 Å². The smallest absolute Gasteiger partial charge is 0.312 e. The Hall–Kier alpha value is -0.620. The van der Waals surface area contributed by atoms with Crippen molar-refractivity contribution in [2.24, 2.45) is 0 Å². The molecule has 0 saturated carbocycles. The minimum Gasteiger partial charge on any atom is -0.486 e. The average molecular weight is 325 g/mol. The van der Waals surface area contributed by atoms with Gasteiger partial charge in [-0.2, -0.15) is 0 Å². The topological polar surface area (TPSA) is 52.4 Å². The molecule has 0 amide bonds. The highest BCUT2D eigenvalue weighted by molar-refractivity contribution is 9.10. The molecule has 0 radical (unpaired) electrons. The Balaban J connectivity index is 2.96. The number of benzene rings is 1. The van der Waals surface area contributed by atoms with Crippen molar-refractivity contribution in [2.45, 2.75) is 0 Å². The molecule has 1 aromatic carbocycles. The summed E-state index contributed by atoms with van der Waals surface area (Å²) in [6.07, 6.45) is 0. The molecule has 0 atom stereocenters. The van der Waals surface area contributed by atoms with Crippen LogP contribution in [0.3, 0.4) is 0 Å². The van der Waals surface area contributed by atoms with Gasteiger partial charge in [-0.25, -0.2) is 0 Å². The number of rotatable bonds is 4. The van der Waals surface area contributed by atoms with Gasteiger partial charge < -0.3 is 4.74 Å². The number of halogens is 2. The van der Waals surface area contributed by atoms with Crippen molar-refractivity contribution in [1.29, 1.82) is 0 Å². The number of nitro groups is 1. The predicted octanol–water partition coefficient (Wildman–Crippen LogP) is 3.13. The fraction of sp³-hybridized carbons (Fsp3) is 0.250. The summed E-state index contributed by atoms with van der Waals surface area (Å²) in [7, 11) is 0. The van der Waals surface area contributed by atoms with Gasteiger partial charge >= 0.3 is 5.69 Å². The van der Waals surface area contributed by atoms with Crippen LogP contribution in [0.15, 0.2) is 22.7 Å². The van der Waals surface area contributed by atoms with Crippen molar-refractivity contribution in [1.82, 2.24) is 0 Å². The van der Waals surface area contributed by atoms with Gasteiger partial charge in [0.2, 0.25) is 0 Å². The molecule has 0 N–H and O–H groups in total.